The summed E-state index contributed by atoms with van der Waals surface area (Å²) in [5, 5.41) is 23.2. The second kappa shape index (κ2) is 2.31. The lowest BCUT2D eigenvalue weighted by molar-refractivity contribution is -0.424. The number of rotatable bonds is 2. The first kappa shape index (κ1) is 8.99. The molecule has 0 aromatic heterocycles. The third kappa shape index (κ3) is 7.99. The van der Waals surface area contributed by atoms with Crippen molar-refractivity contribution in [3.05, 3.63) is 0 Å². The van der Waals surface area contributed by atoms with Gasteiger partial charge in [0.25, 0.3) is 0 Å². The molecule has 0 aromatic rings. The summed E-state index contributed by atoms with van der Waals surface area (Å²) in [6, 6.07) is 0. The summed E-state index contributed by atoms with van der Waals surface area (Å²) in [6.45, 7) is 0. The van der Waals surface area contributed by atoms with Crippen LogP contribution in [0.1, 0.15) is 0 Å². The minimum atomic E-state index is -5.04. The molecule has 0 aromatic carbocycles. The van der Waals surface area contributed by atoms with Crippen LogP contribution in [0.4, 0.5) is 0 Å². The molecule has 0 rings (SSSR count). The summed E-state index contributed by atoms with van der Waals surface area (Å²) < 4.78 is 12.6. The van der Waals surface area contributed by atoms with E-state index in [1.165, 1.54) is 0 Å². The summed E-state index contributed by atoms with van der Waals surface area (Å²) in [7, 11) is -5.04. The van der Waals surface area contributed by atoms with Crippen molar-refractivity contribution in [3.63, 3.8) is 0 Å². The highest BCUT2D eigenvalue weighted by molar-refractivity contribution is 7.46. The maximum atomic E-state index is 9.64. The fourth-order valence-electron chi connectivity index (χ4n) is 0.160. The van der Waals surface area contributed by atoms with E-state index in [1.54, 1.807) is 0 Å². The molecule has 0 aliphatic carbocycles. The van der Waals surface area contributed by atoms with Crippen LogP contribution in [0.15, 0.2) is 0 Å². The van der Waals surface area contributed by atoms with Gasteiger partial charge in [-0.15, -0.1) is 0 Å². The van der Waals surface area contributed by atoms with Gasteiger partial charge in [-0.2, -0.15) is 0 Å². The summed E-state index contributed by atoms with van der Waals surface area (Å²) in [5.74, 6) is 0. The van der Waals surface area contributed by atoms with Crippen LogP contribution in [0.2, 0.25) is 0 Å². The predicted octanol–water partition coefficient (Wildman–Crippen LogP) is -2.32. The molecule has 7 nitrogen and oxygen atoms in total. The van der Waals surface area contributed by atoms with Crippen molar-refractivity contribution in [2.45, 2.75) is 6.16 Å². The van der Waals surface area contributed by atoms with Crippen molar-refractivity contribution >= 4 is 7.82 Å². The van der Waals surface area contributed by atoms with Gasteiger partial charge >= 0.3 is 14.0 Å². The minimum absolute atomic E-state index is 2.96. The zero-order chi connectivity index (χ0) is 7.71. The Labute approximate surface area is 49.4 Å². The van der Waals surface area contributed by atoms with E-state index in [1.807, 2.05) is 0 Å². The van der Waals surface area contributed by atoms with Crippen LogP contribution >= 0.6 is 7.82 Å². The van der Waals surface area contributed by atoms with Crippen molar-refractivity contribution in [2.75, 3.05) is 0 Å². The van der Waals surface area contributed by atoms with E-state index in [0.29, 0.717) is 0 Å². The fraction of sp³-hybridized carbons (Fsp3) is 1.00. The second-order valence-electron chi connectivity index (χ2n) is 1.16. The molecule has 9 heavy (non-hydrogen) atoms. The first-order valence-electron chi connectivity index (χ1n) is 1.64. The smallest absolute Gasteiger partial charge is 0.319 e. The molecule has 0 radical (unpaired) electrons. The predicted molar refractivity (Wildman–Crippen MR) is 22.5 cm³/mol. The maximum absolute atomic E-state index is 9.64. The van der Waals surface area contributed by atoms with Crippen molar-refractivity contribution in [1.29, 1.82) is 0 Å². The molecule has 0 heterocycles. The minimum Gasteiger partial charge on any atom is -0.319 e. The zero-order valence-electron chi connectivity index (χ0n) is 4.00. The standard InChI is InChI=1S/CH5O7P/c2-1(3,4)8-9(5,6)7/h2-4H,(H2,5,6,7). The Morgan fingerprint density at radius 1 is 1.22 bits per heavy atom. The van der Waals surface area contributed by atoms with Crippen molar-refractivity contribution in [2.24, 2.45) is 0 Å². The van der Waals surface area contributed by atoms with Crippen LogP contribution in [0, 0.1) is 0 Å². The third-order valence-corrected chi connectivity index (χ3v) is 0.724. The molecule has 56 valence electrons. The number of hydrogen-bond acceptors (Lipinski definition) is 5. The molecule has 0 aliphatic heterocycles. The Morgan fingerprint density at radius 3 is 1.56 bits per heavy atom. The summed E-state index contributed by atoms with van der Waals surface area (Å²) in [4.78, 5) is 15.5. The van der Waals surface area contributed by atoms with Crippen LogP contribution in [-0.4, -0.2) is 31.3 Å². The first-order chi connectivity index (χ1) is 3.71. The van der Waals surface area contributed by atoms with E-state index >= 15 is 0 Å². The Morgan fingerprint density at radius 2 is 1.56 bits per heavy atom. The molecule has 0 fully saturated rings. The Bertz CT molecular complexity index is 126. The third-order valence-electron chi connectivity index (χ3n) is 0.241. The molecule has 0 saturated heterocycles. The molecule has 0 unspecified atom stereocenters. The highest BCUT2D eigenvalue weighted by atomic mass is 31.2. The molecule has 0 aliphatic rings. The van der Waals surface area contributed by atoms with Gasteiger partial charge in [0.15, 0.2) is 0 Å². The van der Waals surface area contributed by atoms with E-state index in [2.05, 4.69) is 4.52 Å². The molecule has 0 amide bonds. The maximum Gasteiger partial charge on any atom is 0.475 e. The van der Waals surface area contributed by atoms with Gasteiger partial charge in [0.05, 0.1) is 0 Å². The number of phosphoric acid groups is 1. The molecule has 8 heteroatoms. The molecule has 0 spiro atoms. The van der Waals surface area contributed by atoms with Crippen LogP contribution in [-0.2, 0) is 9.09 Å². The topological polar surface area (TPSA) is 127 Å². The van der Waals surface area contributed by atoms with E-state index in [9.17, 15) is 4.57 Å². The van der Waals surface area contributed by atoms with Gasteiger partial charge in [0.1, 0.15) is 0 Å². The molecule has 0 bridgehead atoms. The lowest BCUT2D eigenvalue weighted by atomic mass is 11.2. The lowest BCUT2D eigenvalue weighted by Gasteiger charge is -2.13. The van der Waals surface area contributed by atoms with Gasteiger partial charge in [0, 0.05) is 0 Å². The summed E-state index contributed by atoms with van der Waals surface area (Å²) >= 11 is 0. The molecular weight excluding hydrogens is 155 g/mol. The van der Waals surface area contributed by atoms with Gasteiger partial charge in [-0.3, -0.25) is 0 Å². The van der Waals surface area contributed by atoms with E-state index in [-0.39, 0.29) is 0 Å². The van der Waals surface area contributed by atoms with Crippen molar-refractivity contribution < 1.29 is 34.2 Å². The quantitative estimate of drug-likeness (QED) is 0.226. The Hall–Kier alpha value is -0.0100. The van der Waals surface area contributed by atoms with E-state index < -0.39 is 14.0 Å². The van der Waals surface area contributed by atoms with Gasteiger partial charge in [0.2, 0.25) is 0 Å². The van der Waals surface area contributed by atoms with Gasteiger partial charge in [-0.25, -0.2) is 9.09 Å². The Kier molecular flexibility index (Phi) is 2.31. The normalized spacial score (nSPS) is 13.9. The van der Waals surface area contributed by atoms with Gasteiger partial charge in [-0.1, -0.05) is 0 Å². The molecular formula is CH5O7P. The van der Waals surface area contributed by atoms with Crippen molar-refractivity contribution in [3.8, 4) is 0 Å². The zero-order valence-corrected chi connectivity index (χ0v) is 4.89. The summed E-state index contributed by atoms with van der Waals surface area (Å²) in [6.07, 6.45) is -3.78. The van der Waals surface area contributed by atoms with Crippen LogP contribution in [0.25, 0.3) is 0 Å². The van der Waals surface area contributed by atoms with E-state index in [0.717, 1.165) is 0 Å². The van der Waals surface area contributed by atoms with Crippen LogP contribution in [0.3, 0.4) is 0 Å². The van der Waals surface area contributed by atoms with Crippen molar-refractivity contribution in [1.82, 2.24) is 0 Å². The monoisotopic (exact) mass is 160 g/mol. The number of hydrogen-bond donors (Lipinski definition) is 5. The average Bonchev–Trinajstić information content (AvgIpc) is 1.14. The lowest BCUT2D eigenvalue weighted by Crippen LogP contribution is -2.29. The van der Waals surface area contributed by atoms with E-state index in [4.69, 9.17) is 25.1 Å². The first-order valence-corrected chi connectivity index (χ1v) is 3.17. The summed E-state index contributed by atoms with van der Waals surface area (Å²) in [5.41, 5.74) is 0. The molecule has 0 saturated carbocycles. The molecule has 5 N–H and O–H groups in total. The number of aliphatic hydroxyl groups is 3. The Balaban J connectivity index is 3.90. The van der Waals surface area contributed by atoms with Crippen LogP contribution < -0.4 is 0 Å². The average molecular weight is 160 g/mol. The van der Waals surface area contributed by atoms with Gasteiger partial charge in [-0.05, 0) is 0 Å². The van der Waals surface area contributed by atoms with Crippen LogP contribution in [0.5, 0.6) is 0 Å². The van der Waals surface area contributed by atoms with Gasteiger partial charge < -0.3 is 25.1 Å². The fourth-order valence-corrected chi connectivity index (χ4v) is 0.479. The second-order valence-corrected chi connectivity index (χ2v) is 2.32. The SMILES string of the molecule is O=P(O)(O)OC(O)(O)O. The highest BCUT2D eigenvalue weighted by Crippen LogP contribution is 2.38. The largest absolute Gasteiger partial charge is 0.475 e. The highest BCUT2D eigenvalue weighted by Gasteiger charge is 2.31. The number of phosphoric ester groups is 1. The molecule has 0 atom stereocenters.